The summed E-state index contributed by atoms with van der Waals surface area (Å²) in [6.07, 6.45) is 0. The third-order valence-corrected chi connectivity index (χ3v) is 6.23. The van der Waals surface area contributed by atoms with Gasteiger partial charge in [0.25, 0.3) is 0 Å². The number of halogens is 1. The first kappa shape index (κ1) is 20.1. The summed E-state index contributed by atoms with van der Waals surface area (Å²) >= 11 is 6.15. The van der Waals surface area contributed by atoms with Gasteiger partial charge in [0.2, 0.25) is 10.0 Å². The van der Waals surface area contributed by atoms with Gasteiger partial charge in [0.15, 0.2) is 0 Å². The van der Waals surface area contributed by atoms with E-state index in [1.807, 2.05) is 24.3 Å². The van der Waals surface area contributed by atoms with Crippen LogP contribution in [0.3, 0.4) is 0 Å². The Morgan fingerprint density at radius 3 is 2.52 bits per heavy atom. The lowest BCUT2D eigenvalue weighted by atomic mass is 10.1. The van der Waals surface area contributed by atoms with Crippen molar-refractivity contribution in [3.05, 3.63) is 59.1 Å². The molecule has 1 aliphatic rings. The van der Waals surface area contributed by atoms with Crippen LogP contribution in [0.5, 0.6) is 5.75 Å². The van der Waals surface area contributed by atoms with Gasteiger partial charge in [-0.1, -0.05) is 23.7 Å². The highest BCUT2D eigenvalue weighted by atomic mass is 35.5. The summed E-state index contributed by atoms with van der Waals surface area (Å²) < 4.78 is 38.6. The molecule has 0 amide bonds. The standard InChI is InChI=1S/C19H23ClN2O4S/c1-25-17-5-7-18(8-6-17)27(23,24)21-14-19(22-9-11-26-12-10-22)15-3-2-4-16(20)13-15/h2-8,13,19,21H,9-12,14H2,1H3. The Bertz CT molecular complexity index is 852. The molecular formula is C19H23ClN2O4S. The second kappa shape index (κ2) is 9.03. The summed E-state index contributed by atoms with van der Waals surface area (Å²) in [5.74, 6) is 0.610. The van der Waals surface area contributed by atoms with E-state index in [9.17, 15) is 8.42 Å². The van der Waals surface area contributed by atoms with Crippen molar-refractivity contribution in [1.82, 2.24) is 9.62 Å². The van der Waals surface area contributed by atoms with Crippen molar-refractivity contribution in [3.63, 3.8) is 0 Å². The van der Waals surface area contributed by atoms with Gasteiger partial charge in [-0.2, -0.15) is 0 Å². The van der Waals surface area contributed by atoms with Gasteiger partial charge in [-0.15, -0.1) is 0 Å². The zero-order valence-electron chi connectivity index (χ0n) is 15.1. The molecule has 146 valence electrons. The maximum absolute atomic E-state index is 12.7. The molecular weight excluding hydrogens is 388 g/mol. The van der Waals surface area contributed by atoms with Crippen LogP contribution in [0.2, 0.25) is 5.02 Å². The Balaban J connectivity index is 1.78. The Morgan fingerprint density at radius 1 is 1.19 bits per heavy atom. The van der Waals surface area contributed by atoms with E-state index in [0.717, 1.165) is 18.7 Å². The van der Waals surface area contributed by atoms with Crippen LogP contribution in [0, 0.1) is 0 Å². The van der Waals surface area contributed by atoms with Crippen LogP contribution in [0.25, 0.3) is 0 Å². The molecule has 6 nitrogen and oxygen atoms in total. The zero-order valence-corrected chi connectivity index (χ0v) is 16.7. The van der Waals surface area contributed by atoms with Crippen LogP contribution in [0.1, 0.15) is 11.6 Å². The number of ether oxygens (including phenoxy) is 2. The lowest BCUT2D eigenvalue weighted by Gasteiger charge is -2.35. The minimum Gasteiger partial charge on any atom is -0.497 e. The molecule has 0 spiro atoms. The number of morpholine rings is 1. The highest BCUT2D eigenvalue weighted by Crippen LogP contribution is 2.25. The summed E-state index contributed by atoms with van der Waals surface area (Å²) in [5.41, 5.74) is 0.974. The van der Waals surface area contributed by atoms with Gasteiger partial charge in [0.1, 0.15) is 5.75 Å². The number of methoxy groups -OCH3 is 1. The molecule has 1 unspecified atom stereocenters. The highest BCUT2D eigenvalue weighted by Gasteiger charge is 2.25. The molecule has 0 bridgehead atoms. The number of rotatable bonds is 7. The molecule has 1 atom stereocenters. The lowest BCUT2D eigenvalue weighted by Crippen LogP contribution is -2.43. The fourth-order valence-corrected chi connectivity index (χ4v) is 4.32. The Hall–Kier alpha value is -1.64. The lowest BCUT2D eigenvalue weighted by molar-refractivity contribution is 0.0172. The summed E-state index contributed by atoms with van der Waals surface area (Å²) in [4.78, 5) is 2.42. The topological polar surface area (TPSA) is 67.9 Å². The van der Waals surface area contributed by atoms with E-state index >= 15 is 0 Å². The first-order valence-corrected chi connectivity index (χ1v) is 10.6. The molecule has 3 rings (SSSR count). The maximum atomic E-state index is 12.7. The van der Waals surface area contributed by atoms with E-state index in [0.29, 0.717) is 24.0 Å². The van der Waals surface area contributed by atoms with Gasteiger partial charge in [-0.3, -0.25) is 4.90 Å². The van der Waals surface area contributed by atoms with Crippen LogP contribution in [-0.2, 0) is 14.8 Å². The van der Waals surface area contributed by atoms with E-state index in [1.54, 1.807) is 19.2 Å². The molecule has 1 heterocycles. The fourth-order valence-electron chi connectivity index (χ4n) is 3.09. The van der Waals surface area contributed by atoms with Crippen LogP contribution < -0.4 is 9.46 Å². The number of hydrogen-bond donors (Lipinski definition) is 1. The van der Waals surface area contributed by atoms with Gasteiger partial charge in [0.05, 0.1) is 25.2 Å². The smallest absolute Gasteiger partial charge is 0.240 e. The van der Waals surface area contributed by atoms with Crippen molar-refractivity contribution in [3.8, 4) is 5.75 Å². The molecule has 0 aliphatic carbocycles. The molecule has 2 aromatic carbocycles. The van der Waals surface area contributed by atoms with Crippen molar-refractivity contribution in [2.75, 3.05) is 40.0 Å². The molecule has 1 fully saturated rings. The van der Waals surface area contributed by atoms with E-state index in [-0.39, 0.29) is 17.5 Å². The number of benzene rings is 2. The summed E-state index contributed by atoms with van der Waals surface area (Å²) in [7, 11) is -2.09. The molecule has 1 saturated heterocycles. The minimum atomic E-state index is -3.63. The van der Waals surface area contributed by atoms with Gasteiger partial charge in [-0.25, -0.2) is 13.1 Å². The first-order chi connectivity index (χ1) is 13.0. The average Bonchev–Trinajstić information content (AvgIpc) is 2.69. The molecule has 1 aliphatic heterocycles. The van der Waals surface area contributed by atoms with Crippen LogP contribution in [0.15, 0.2) is 53.4 Å². The van der Waals surface area contributed by atoms with E-state index in [1.165, 1.54) is 12.1 Å². The quantitative estimate of drug-likeness (QED) is 0.760. The molecule has 0 aromatic heterocycles. The van der Waals surface area contributed by atoms with Crippen molar-refractivity contribution < 1.29 is 17.9 Å². The van der Waals surface area contributed by atoms with Gasteiger partial charge in [-0.05, 0) is 42.0 Å². The first-order valence-electron chi connectivity index (χ1n) is 8.70. The number of nitrogens with one attached hydrogen (secondary N) is 1. The number of nitrogens with zero attached hydrogens (tertiary/aromatic N) is 1. The van der Waals surface area contributed by atoms with Crippen molar-refractivity contribution in [2.45, 2.75) is 10.9 Å². The van der Waals surface area contributed by atoms with Crippen LogP contribution in [-0.4, -0.2) is 53.3 Å². The molecule has 1 N–H and O–H groups in total. The van der Waals surface area contributed by atoms with E-state index in [4.69, 9.17) is 21.1 Å². The number of hydrogen-bond acceptors (Lipinski definition) is 5. The second-order valence-electron chi connectivity index (χ2n) is 6.25. The molecule has 2 aromatic rings. The minimum absolute atomic E-state index is 0.124. The predicted octanol–water partition coefficient (Wildman–Crippen LogP) is 2.70. The van der Waals surface area contributed by atoms with Gasteiger partial charge >= 0.3 is 0 Å². The number of sulfonamides is 1. The fraction of sp³-hybridized carbons (Fsp3) is 0.368. The zero-order chi connectivity index (χ0) is 19.3. The Morgan fingerprint density at radius 2 is 1.89 bits per heavy atom. The SMILES string of the molecule is COc1ccc(S(=O)(=O)NCC(c2cccc(Cl)c2)N2CCOCC2)cc1. The van der Waals surface area contributed by atoms with Crippen LogP contribution in [0.4, 0.5) is 0 Å². The Labute approximate surface area is 165 Å². The van der Waals surface area contributed by atoms with Crippen molar-refractivity contribution in [2.24, 2.45) is 0 Å². The van der Waals surface area contributed by atoms with Crippen molar-refractivity contribution >= 4 is 21.6 Å². The maximum Gasteiger partial charge on any atom is 0.240 e. The largest absolute Gasteiger partial charge is 0.497 e. The Kier molecular flexibility index (Phi) is 6.73. The molecule has 27 heavy (non-hydrogen) atoms. The normalized spacial score (nSPS) is 16.8. The summed E-state index contributed by atoms with van der Waals surface area (Å²) in [6.45, 7) is 2.97. The summed E-state index contributed by atoms with van der Waals surface area (Å²) in [5, 5.41) is 0.628. The monoisotopic (exact) mass is 410 g/mol. The third kappa shape index (κ3) is 5.21. The average molecular weight is 411 g/mol. The summed E-state index contributed by atoms with van der Waals surface area (Å²) in [6, 6.07) is 13.7. The molecule has 0 radical (unpaired) electrons. The predicted molar refractivity (Wildman–Crippen MR) is 105 cm³/mol. The molecule has 0 saturated carbocycles. The van der Waals surface area contributed by atoms with Gasteiger partial charge < -0.3 is 9.47 Å². The van der Waals surface area contributed by atoms with Crippen LogP contribution >= 0.6 is 11.6 Å². The third-order valence-electron chi connectivity index (χ3n) is 4.56. The second-order valence-corrected chi connectivity index (χ2v) is 8.45. The van der Waals surface area contributed by atoms with Gasteiger partial charge in [0, 0.05) is 30.7 Å². The molecule has 8 heteroatoms. The van der Waals surface area contributed by atoms with E-state index < -0.39 is 10.0 Å². The highest BCUT2D eigenvalue weighted by molar-refractivity contribution is 7.89. The van der Waals surface area contributed by atoms with E-state index in [2.05, 4.69) is 9.62 Å². The van der Waals surface area contributed by atoms with Crippen molar-refractivity contribution in [1.29, 1.82) is 0 Å².